The molecule has 7 heteroatoms. The van der Waals surface area contributed by atoms with Crippen LogP contribution in [0, 0.1) is 5.82 Å². The molecule has 0 unspecified atom stereocenters. The number of nitrogens with two attached hydrogens (primary N) is 1. The fourth-order valence-electron chi connectivity index (χ4n) is 1.10. The van der Waals surface area contributed by atoms with E-state index in [4.69, 9.17) is 5.73 Å². The Morgan fingerprint density at radius 2 is 1.50 bits per heavy atom. The Labute approximate surface area is 86.9 Å². The van der Waals surface area contributed by atoms with Crippen LogP contribution < -0.4 is 5.73 Å². The van der Waals surface area contributed by atoms with Gasteiger partial charge in [-0.15, -0.1) is 0 Å². The Morgan fingerprint density at radius 3 is 1.94 bits per heavy atom. The Kier molecular flexibility index (Phi) is 3.18. The van der Waals surface area contributed by atoms with Gasteiger partial charge in [0, 0.05) is 5.56 Å². The third kappa shape index (κ3) is 2.13. The quantitative estimate of drug-likeness (QED) is 0.794. The molecule has 90 valence electrons. The van der Waals surface area contributed by atoms with Crippen molar-refractivity contribution in [2.45, 2.75) is 18.1 Å². The van der Waals surface area contributed by atoms with Crippen LogP contribution in [0.2, 0.25) is 0 Å². The highest BCUT2D eigenvalue weighted by atomic mass is 19.4. The first-order valence-electron chi connectivity index (χ1n) is 4.12. The molecule has 0 saturated heterocycles. The normalized spacial score (nSPS) is 14.9. The third-order valence-electron chi connectivity index (χ3n) is 2.01. The minimum atomic E-state index is -5.81. The molecule has 1 aromatic rings. The Morgan fingerprint density at radius 1 is 1.00 bits per heavy atom. The molecule has 16 heavy (non-hydrogen) atoms. The number of alkyl halides is 5. The lowest BCUT2D eigenvalue weighted by Crippen LogP contribution is -2.46. The van der Waals surface area contributed by atoms with E-state index in [-0.39, 0.29) is 0 Å². The van der Waals surface area contributed by atoms with Crippen molar-refractivity contribution >= 4 is 0 Å². The summed E-state index contributed by atoms with van der Waals surface area (Å²) in [7, 11) is 0. The minimum absolute atomic E-state index is 0.766. The summed E-state index contributed by atoms with van der Waals surface area (Å²) < 4.78 is 74.4. The summed E-state index contributed by atoms with van der Waals surface area (Å²) in [5.41, 5.74) is 3.88. The van der Waals surface area contributed by atoms with Gasteiger partial charge in [-0.1, -0.05) is 18.2 Å². The molecule has 0 fully saturated rings. The maximum absolute atomic E-state index is 13.0. The van der Waals surface area contributed by atoms with Crippen LogP contribution in [-0.4, -0.2) is 12.1 Å². The molecular formula is C9H7F6N. The van der Waals surface area contributed by atoms with Crippen LogP contribution in [0.1, 0.15) is 11.6 Å². The molecule has 1 nitrogen and oxygen atoms in total. The first kappa shape index (κ1) is 12.8. The SMILES string of the molecule is N[C@H](c1ccccc1F)C(F)(F)C(F)(F)F. The zero-order chi connectivity index (χ0) is 12.6. The molecule has 0 aliphatic heterocycles. The monoisotopic (exact) mass is 243 g/mol. The van der Waals surface area contributed by atoms with Gasteiger partial charge in [0.25, 0.3) is 0 Å². The lowest BCUT2D eigenvalue weighted by Gasteiger charge is -2.26. The fraction of sp³-hybridized carbons (Fsp3) is 0.333. The molecule has 0 bridgehead atoms. The van der Waals surface area contributed by atoms with Crippen molar-refractivity contribution in [3.63, 3.8) is 0 Å². The summed E-state index contributed by atoms with van der Waals surface area (Å²) >= 11 is 0. The van der Waals surface area contributed by atoms with Gasteiger partial charge in [-0.3, -0.25) is 0 Å². The number of hydrogen-bond donors (Lipinski definition) is 1. The molecule has 1 aromatic carbocycles. The topological polar surface area (TPSA) is 26.0 Å². The highest BCUT2D eigenvalue weighted by Crippen LogP contribution is 2.43. The summed E-state index contributed by atoms with van der Waals surface area (Å²) in [5.74, 6) is -6.37. The number of halogens is 6. The first-order valence-corrected chi connectivity index (χ1v) is 4.12. The molecule has 0 saturated carbocycles. The number of benzene rings is 1. The second kappa shape index (κ2) is 3.97. The molecule has 0 amide bonds. The Bertz CT molecular complexity index is 373. The van der Waals surface area contributed by atoms with Crippen molar-refractivity contribution < 1.29 is 26.3 Å². The lowest BCUT2D eigenvalue weighted by molar-refractivity contribution is -0.291. The maximum atomic E-state index is 13.0. The Hall–Kier alpha value is -1.24. The average Bonchev–Trinajstić information content (AvgIpc) is 2.15. The van der Waals surface area contributed by atoms with Crippen molar-refractivity contribution in [3.8, 4) is 0 Å². The van der Waals surface area contributed by atoms with E-state index >= 15 is 0 Å². The van der Waals surface area contributed by atoms with Gasteiger partial charge in [0.05, 0.1) is 0 Å². The van der Waals surface area contributed by atoms with E-state index in [1.807, 2.05) is 0 Å². The van der Waals surface area contributed by atoms with Gasteiger partial charge in [-0.25, -0.2) is 4.39 Å². The van der Waals surface area contributed by atoms with E-state index in [1.54, 1.807) is 0 Å². The van der Waals surface area contributed by atoms with Crippen LogP contribution in [0.3, 0.4) is 0 Å². The third-order valence-corrected chi connectivity index (χ3v) is 2.01. The zero-order valence-electron chi connectivity index (χ0n) is 7.73. The van der Waals surface area contributed by atoms with Gasteiger partial charge in [-0.05, 0) is 6.07 Å². The van der Waals surface area contributed by atoms with Crippen LogP contribution in [0.15, 0.2) is 24.3 Å². The van der Waals surface area contributed by atoms with E-state index in [0.717, 1.165) is 24.3 Å². The van der Waals surface area contributed by atoms with E-state index < -0.39 is 29.5 Å². The van der Waals surface area contributed by atoms with Gasteiger partial charge < -0.3 is 5.73 Å². The predicted molar refractivity (Wildman–Crippen MR) is 44.3 cm³/mol. The molecule has 0 aliphatic carbocycles. The summed E-state index contributed by atoms with van der Waals surface area (Å²) in [6.07, 6.45) is -5.81. The molecule has 1 rings (SSSR count). The van der Waals surface area contributed by atoms with E-state index in [9.17, 15) is 26.3 Å². The average molecular weight is 243 g/mol. The second-order valence-electron chi connectivity index (χ2n) is 3.12. The molecule has 0 aliphatic rings. The van der Waals surface area contributed by atoms with Crippen molar-refractivity contribution in [2.24, 2.45) is 5.73 Å². The predicted octanol–water partition coefficient (Wildman–Crippen LogP) is 3.02. The van der Waals surface area contributed by atoms with Crippen LogP contribution in [0.5, 0.6) is 0 Å². The van der Waals surface area contributed by atoms with Gasteiger partial charge in [0.1, 0.15) is 11.9 Å². The summed E-state index contributed by atoms with van der Waals surface area (Å²) in [6, 6.07) is 1.09. The molecular weight excluding hydrogens is 236 g/mol. The van der Waals surface area contributed by atoms with E-state index in [2.05, 4.69) is 0 Å². The van der Waals surface area contributed by atoms with Crippen molar-refractivity contribution in [1.29, 1.82) is 0 Å². The van der Waals surface area contributed by atoms with Crippen molar-refractivity contribution in [2.75, 3.05) is 0 Å². The summed E-state index contributed by atoms with van der Waals surface area (Å²) in [5, 5.41) is 0. The van der Waals surface area contributed by atoms with Gasteiger partial charge in [0.15, 0.2) is 0 Å². The first-order chi connectivity index (χ1) is 7.18. The van der Waals surface area contributed by atoms with Gasteiger partial charge in [-0.2, -0.15) is 22.0 Å². The van der Waals surface area contributed by atoms with E-state index in [0.29, 0.717) is 0 Å². The standard InChI is InChI=1S/C9H7F6N/c10-6-4-2-1-3-5(6)7(16)8(11,12)9(13,14)15/h1-4,7H,16H2/t7-/m1/s1. The Balaban J connectivity index is 3.12. The maximum Gasteiger partial charge on any atom is 0.455 e. The van der Waals surface area contributed by atoms with Crippen LogP contribution in [-0.2, 0) is 0 Å². The van der Waals surface area contributed by atoms with Crippen molar-refractivity contribution in [3.05, 3.63) is 35.6 Å². The highest BCUT2D eigenvalue weighted by Gasteiger charge is 2.62. The molecule has 1 atom stereocenters. The van der Waals surface area contributed by atoms with Crippen LogP contribution in [0.25, 0.3) is 0 Å². The van der Waals surface area contributed by atoms with Gasteiger partial charge >= 0.3 is 12.1 Å². The molecule has 0 spiro atoms. The molecule has 2 N–H and O–H groups in total. The fourth-order valence-corrected chi connectivity index (χ4v) is 1.10. The highest BCUT2D eigenvalue weighted by molar-refractivity contribution is 5.23. The molecule has 0 heterocycles. The largest absolute Gasteiger partial charge is 0.455 e. The molecule has 0 aromatic heterocycles. The lowest BCUT2D eigenvalue weighted by atomic mass is 10.0. The summed E-state index contributed by atoms with van der Waals surface area (Å²) in [4.78, 5) is 0. The summed E-state index contributed by atoms with van der Waals surface area (Å²) in [6.45, 7) is 0. The van der Waals surface area contributed by atoms with Crippen LogP contribution in [0.4, 0.5) is 26.3 Å². The van der Waals surface area contributed by atoms with E-state index in [1.165, 1.54) is 0 Å². The second-order valence-corrected chi connectivity index (χ2v) is 3.12. The smallest absolute Gasteiger partial charge is 0.319 e. The zero-order valence-corrected chi connectivity index (χ0v) is 7.73. The number of rotatable bonds is 2. The number of hydrogen-bond acceptors (Lipinski definition) is 1. The van der Waals surface area contributed by atoms with Gasteiger partial charge in [0.2, 0.25) is 0 Å². The van der Waals surface area contributed by atoms with Crippen molar-refractivity contribution in [1.82, 2.24) is 0 Å². The van der Waals surface area contributed by atoms with Crippen LogP contribution >= 0.6 is 0 Å². The molecule has 0 radical (unpaired) electrons. The minimum Gasteiger partial charge on any atom is -0.319 e.